The van der Waals surface area contributed by atoms with Crippen LogP contribution in [0.5, 0.6) is 0 Å². The summed E-state index contributed by atoms with van der Waals surface area (Å²) >= 11 is 0. The van der Waals surface area contributed by atoms with Crippen LogP contribution in [0.3, 0.4) is 0 Å². The van der Waals surface area contributed by atoms with Gasteiger partial charge in [-0.1, -0.05) is 0 Å². The first kappa shape index (κ1) is 15.3. The molecule has 0 aliphatic carbocycles. The van der Waals surface area contributed by atoms with Gasteiger partial charge < -0.3 is 14.4 Å². The number of furan rings is 1. The van der Waals surface area contributed by atoms with E-state index in [2.05, 4.69) is 10.2 Å². The molecule has 0 spiro atoms. The molecule has 1 atom stereocenters. The summed E-state index contributed by atoms with van der Waals surface area (Å²) in [6.45, 7) is 2.51. The zero-order chi connectivity index (χ0) is 16.4. The number of nitrogens with zero attached hydrogens (tertiary/aromatic N) is 2. The van der Waals surface area contributed by atoms with Gasteiger partial charge in [0.25, 0.3) is 0 Å². The van der Waals surface area contributed by atoms with Crippen molar-refractivity contribution in [2.24, 2.45) is 0 Å². The number of carboxylic acids is 1. The van der Waals surface area contributed by atoms with E-state index in [0.29, 0.717) is 18.0 Å². The van der Waals surface area contributed by atoms with E-state index in [1.807, 2.05) is 13.0 Å². The van der Waals surface area contributed by atoms with Crippen LogP contribution in [0.2, 0.25) is 0 Å². The monoisotopic (exact) mass is 317 g/mol. The van der Waals surface area contributed by atoms with E-state index in [0.717, 1.165) is 24.8 Å². The van der Waals surface area contributed by atoms with Crippen molar-refractivity contribution in [2.45, 2.75) is 38.6 Å². The Kier molecular flexibility index (Phi) is 4.18. The van der Waals surface area contributed by atoms with Crippen LogP contribution in [0.15, 0.2) is 22.9 Å². The highest BCUT2D eigenvalue weighted by Crippen LogP contribution is 2.32. The summed E-state index contributed by atoms with van der Waals surface area (Å²) in [4.78, 5) is 25.8. The van der Waals surface area contributed by atoms with E-state index in [-0.39, 0.29) is 23.9 Å². The Labute approximate surface area is 133 Å². The number of aromatic amines is 1. The number of nitrogens with one attached hydrogen (secondary N) is 1. The standard InChI is InChI=1S/C16H19N3O4/c1-10-5-7-23-13(10)8-14(20)19-6-3-2-4-12(19)15-11(16(21)22)9-17-18-15/h5,7,9,12H,2-4,6,8H2,1H3,(H,17,18)(H,21,22). The van der Waals surface area contributed by atoms with Crippen LogP contribution in [-0.2, 0) is 11.2 Å². The van der Waals surface area contributed by atoms with Gasteiger partial charge in [0.15, 0.2) is 0 Å². The van der Waals surface area contributed by atoms with Crippen LogP contribution in [0.4, 0.5) is 0 Å². The average molecular weight is 317 g/mol. The molecule has 3 heterocycles. The number of amides is 1. The van der Waals surface area contributed by atoms with Crippen LogP contribution < -0.4 is 0 Å². The van der Waals surface area contributed by atoms with E-state index in [1.165, 1.54) is 6.20 Å². The molecule has 1 aliphatic rings. The van der Waals surface area contributed by atoms with Gasteiger partial charge in [0.05, 0.1) is 30.6 Å². The Morgan fingerprint density at radius 2 is 2.30 bits per heavy atom. The van der Waals surface area contributed by atoms with Gasteiger partial charge in [0, 0.05) is 6.54 Å². The fourth-order valence-corrected chi connectivity index (χ4v) is 3.07. The van der Waals surface area contributed by atoms with Gasteiger partial charge in [-0.05, 0) is 37.8 Å². The predicted octanol–water partition coefficient (Wildman–Crippen LogP) is 2.31. The maximum Gasteiger partial charge on any atom is 0.339 e. The van der Waals surface area contributed by atoms with E-state index in [4.69, 9.17) is 4.42 Å². The van der Waals surface area contributed by atoms with Crippen molar-refractivity contribution in [3.05, 3.63) is 41.1 Å². The lowest BCUT2D eigenvalue weighted by Gasteiger charge is -2.35. The van der Waals surface area contributed by atoms with Gasteiger partial charge >= 0.3 is 5.97 Å². The number of piperidine rings is 1. The zero-order valence-corrected chi connectivity index (χ0v) is 12.9. The molecule has 2 aromatic heterocycles. The van der Waals surface area contributed by atoms with Gasteiger partial charge in [0.2, 0.25) is 5.91 Å². The number of aryl methyl sites for hydroxylation is 1. The molecular formula is C16H19N3O4. The van der Waals surface area contributed by atoms with E-state index in [9.17, 15) is 14.7 Å². The third-order valence-electron chi connectivity index (χ3n) is 4.34. The van der Waals surface area contributed by atoms with E-state index < -0.39 is 5.97 Å². The number of H-pyrrole nitrogens is 1. The third-order valence-corrected chi connectivity index (χ3v) is 4.34. The lowest BCUT2D eigenvalue weighted by Crippen LogP contribution is -2.40. The highest BCUT2D eigenvalue weighted by molar-refractivity contribution is 5.89. The first-order chi connectivity index (χ1) is 11.1. The van der Waals surface area contributed by atoms with Gasteiger partial charge in [-0.3, -0.25) is 9.89 Å². The molecular weight excluding hydrogens is 298 g/mol. The highest BCUT2D eigenvalue weighted by Gasteiger charge is 2.32. The molecule has 3 rings (SSSR count). The van der Waals surface area contributed by atoms with Gasteiger partial charge in [-0.2, -0.15) is 5.10 Å². The third kappa shape index (κ3) is 2.99. The minimum Gasteiger partial charge on any atom is -0.478 e. The first-order valence-corrected chi connectivity index (χ1v) is 7.67. The number of likely N-dealkylation sites (tertiary alicyclic amines) is 1. The molecule has 0 bridgehead atoms. The Morgan fingerprint density at radius 3 is 3.00 bits per heavy atom. The fraction of sp³-hybridized carbons (Fsp3) is 0.438. The molecule has 1 aliphatic heterocycles. The summed E-state index contributed by atoms with van der Waals surface area (Å²) in [5, 5.41) is 15.9. The summed E-state index contributed by atoms with van der Waals surface area (Å²) in [6, 6.07) is 1.55. The number of aromatic nitrogens is 2. The topological polar surface area (TPSA) is 99.4 Å². The molecule has 1 amide bonds. The van der Waals surface area contributed by atoms with Crippen molar-refractivity contribution in [1.82, 2.24) is 15.1 Å². The summed E-state index contributed by atoms with van der Waals surface area (Å²) in [7, 11) is 0. The summed E-state index contributed by atoms with van der Waals surface area (Å²) in [5.74, 6) is -0.435. The second kappa shape index (κ2) is 6.28. The smallest absolute Gasteiger partial charge is 0.339 e. The maximum atomic E-state index is 12.7. The molecule has 1 fully saturated rings. The minimum atomic E-state index is -1.03. The van der Waals surface area contributed by atoms with Crippen LogP contribution in [0, 0.1) is 6.92 Å². The lowest BCUT2D eigenvalue weighted by molar-refractivity contribution is -0.134. The molecule has 1 unspecified atom stereocenters. The van der Waals surface area contributed by atoms with Gasteiger partial charge in [-0.15, -0.1) is 0 Å². The molecule has 2 aromatic rings. The second-order valence-electron chi connectivity index (χ2n) is 5.80. The molecule has 122 valence electrons. The van der Waals surface area contributed by atoms with Crippen molar-refractivity contribution in [2.75, 3.05) is 6.54 Å². The maximum absolute atomic E-state index is 12.7. The Hall–Kier alpha value is -2.57. The number of carbonyl (C=O) groups excluding carboxylic acids is 1. The van der Waals surface area contributed by atoms with Crippen molar-refractivity contribution in [3.8, 4) is 0 Å². The van der Waals surface area contributed by atoms with Crippen LogP contribution >= 0.6 is 0 Å². The number of carbonyl (C=O) groups is 2. The minimum absolute atomic E-state index is 0.0568. The largest absolute Gasteiger partial charge is 0.478 e. The predicted molar refractivity (Wildman–Crippen MR) is 81.0 cm³/mol. The number of aromatic carboxylic acids is 1. The normalized spacial score (nSPS) is 18.1. The summed E-state index contributed by atoms with van der Waals surface area (Å²) in [6.07, 6.45) is 5.65. The zero-order valence-electron chi connectivity index (χ0n) is 12.9. The average Bonchev–Trinajstić information content (AvgIpc) is 3.17. The second-order valence-corrected chi connectivity index (χ2v) is 5.80. The highest BCUT2D eigenvalue weighted by atomic mass is 16.4. The van der Waals surface area contributed by atoms with Crippen molar-refractivity contribution >= 4 is 11.9 Å². The summed E-state index contributed by atoms with van der Waals surface area (Å²) in [5.41, 5.74) is 1.57. The van der Waals surface area contributed by atoms with Crippen LogP contribution in [0.25, 0.3) is 0 Å². The van der Waals surface area contributed by atoms with E-state index >= 15 is 0 Å². The Morgan fingerprint density at radius 1 is 1.48 bits per heavy atom. The molecule has 0 radical (unpaired) electrons. The summed E-state index contributed by atoms with van der Waals surface area (Å²) < 4.78 is 5.35. The SMILES string of the molecule is Cc1ccoc1CC(=O)N1CCCCC1c1[nH]ncc1C(=O)O. The molecule has 23 heavy (non-hydrogen) atoms. The molecule has 0 saturated carbocycles. The van der Waals surface area contributed by atoms with Crippen molar-refractivity contribution in [1.29, 1.82) is 0 Å². The molecule has 2 N–H and O–H groups in total. The number of hydrogen-bond acceptors (Lipinski definition) is 4. The first-order valence-electron chi connectivity index (χ1n) is 7.67. The lowest BCUT2D eigenvalue weighted by atomic mass is 9.96. The number of carboxylic acid groups (broad SMARTS) is 1. The number of hydrogen-bond donors (Lipinski definition) is 2. The molecule has 1 saturated heterocycles. The Bertz CT molecular complexity index is 718. The Balaban J connectivity index is 1.84. The fourth-order valence-electron chi connectivity index (χ4n) is 3.07. The van der Waals surface area contributed by atoms with Crippen molar-refractivity contribution < 1.29 is 19.1 Å². The van der Waals surface area contributed by atoms with Crippen LogP contribution in [-0.4, -0.2) is 38.6 Å². The molecule has 0 aromatic carbocycles. The van der Waals surface area contributed by atoms with Gasteiger partial charge in [-0.25, -0.2) is 4.79 Å². The van der Waals surface area contributed by atoms with Gasteiger partial charge in [0.1, 0.15) is 11.3 Å². The molecule has 7 heteroatoms. The van der Waals surface area contributed by atoms with Crippen LogP contribution in [0.1, 0.15) is 52.7 Å². The van der Waals surface area contributed by atoms with E-state index in [1.54, 1.807) is 11.2 Å². The molecule has 7 nitrogen and oxygen atoms in total. The van der Waals surface area contributed by atoms with Crippen molar-refractivity contribution in [3.63, 3.8) is 0 Å². The number of rotatable bonds is 4. The quantitative estimate of drug-likeness (QED) is 0.901.